The van der Waals surface area contributed by atoms with E-state index >= 15 is 0 Å². The zero-order chi connectivity index (χ0) is 24.4. The van der Waals surface area contributed by atoms with Gasteiger partial charge < -0.3 is 15.0 Å². The van der Waals surface area contributed by atoms with Crippen LogP contribution in [-0.2, 0) is 4.74 Å². The molecule has 1 unspecified atom stereocenters. The van der Waals surface area contributed by atoms with Crippen molar-refractivity contribution in [2.45, 2.75) is 13.0 Å². The van der Waals surface area contributed by atoms with Crippen LogP contribution < -0.4 is 15.8 Å². The number of hydrogen-bond acceptors (Lipinski definition) is 5. The molecule has 2 aromatic heterocycles. The molecule has 0 bridgehead atoms. The molecule has 5 rings (SSSR count). The molecule has 0 spiro atoms. The van der Waals surface area contributed by atoms with Gasteiger partial charge in [-0.15, -0.1) is 0 Å². The molecule has 0 radical (unpaired) electrons. The Morgan fingerprint density at radius 1 is 1.06 bits per heavy atom. The number of morpholine rings is 1. The zero-order valence-electron chi connectivity index (χ0n) is 19.3. The van der Waals surface area contributed by atoms with Gasteiger partial charge in [0.15, 0.2) is 0 Å². The van der Waals surface area contributed by atoms with Crippen LogP contribution in [0.1, 0.15) is 29.0 Å². The van der Waals surface area contributed by atoms with E-state index in [-0.39, 0.29) is 11.5 Å². The lowest BCUT2D eigenvalue weighted by Gasteiger charge is -2.29. The lowest BCUT2D eigenvalue weighted by molar-refractivity contribution is 0.0937. The van der Waals surface area contributed by atoms with Crippen molar-refractivity contribution < 1.29 is 9.53 Å². The third kappa shape index (κ3) is 4.52. The first-order chi connectivity index (χ1) is 17.0. The molecule has 8 heteroatoms. The van der Waals surface area contributed by atoms with Crippen molar-refractivity contribution in [3.8, 4) is 5.69 Å². The highest BCUT2D eigenvalue weighted by atomic mass is 35.5. The Balaban J connectivity index is 1.55. The molecule has 1 N–H and O–H groups in total. The number of nitrogens with one attached hydrogen (secondary N) is 1. The second kappa shape index (κ2) is 9.90. The highest BCUT2D eigenvalue weighted by molar-refractivity contribution is 6.35. The Labute approximate surface area is 207 Å². The number of nitrogens with zero attached hydrogens (tertiary/aromatic N) is 3. The van der Waals surface area contributed by atoms with E-state index in [9.17, 15) is 9.59 Å². The van der Waals surface area contributed by atoms with E-state index < -0.39 is 6.04 Å². The van der Waals surface area contributed by atoms with Crippen LogP contribution >= 0.6 is 11.6 Å². The van der Waals surface area contributed by atoms with Gasteiger partial charge in [0, 0.05) is 30.7 Å². The lowest BCUT2D eigenvalue weighted by atomic mass is 10.1. The van der Waals surface area contributed by atoms with E-state index in [2.05, 4.69) is 15.2 Å². The molecule has 4 aromatic rings. The Kier molecular flexibility index (Phi) is 6.53. The Bertz CT molecular complexity index is 1430. The summed E-state index contributed by atoms with van der Waals surface area (Å²) in [5.41, 5.74) is 1.61. The van der Waals surface area contributed by atoms with Crippen LogP contribution in [0.2, 0.25) is 5.02 Å². The second-order valence-corrected chi connectivity index (χ2v) is 8.83. The fraction of sp³-hybridized carbons (Fsp3) is 0.222. The molecule has 1 aliphatic heterocycles. The van der Waals surface area contributed by atoms with Crippen LogP contribution in [0.25, 0.3) is 16.5 Å². The molecule has 35 heavy (non-hydrogen) atoms. The zero-order valence-corrected chi connectivity index (χ0v) is 20.0. The number of rotatable bonds is 5. The molecule has 0 saturated carbocycles. The van der Waals surface area contributed by atoms with E-state index in [1.807, 2.05) is 55.5 Å². The third-order valence-electron chi connectivity index (χ3n) is 6.17. The van der Waals surface area contributed by atoms with Crippen molar-refractivity contribution in [3.63, 3.8) is 0 Å². The monoisotopic (exact) mass is 488 g/mol. The number of fused-ring (bicyclic) bond motifs is 1. The SMILES string of the molecule is CC(NC(=O)c1cccnc1N1CCOCC1)c1cc2cccc(Cl)c2c(=O)n1-c1ccccc1. The number of anilines is 1. The first-order valence-corrected chi connectivity index (χ1v) is 11.9. The van der Waals surface area contributed by atoms with Crippen LogP contribution in [-0.4, -0.2) is 41.8 Å². The van der Waals surface area contributed by atoms with Crippen molar-refractivity contribution in [1.82, 2.24) is 14.9 Å². The van der Waals surface area contributed by atoms with E-state index in [1.165, 1.54) is 0 Å². The minimum atomic E-state index is -0.475. The van der Waals surface area contributed by atoms with Crippen molar-refractivity contribution in [1.29, 1.82) is 0 Å². The molecule has 178 valence electrons. The molecule has 1 aliphatic rings. The topological polar surface area (TPSA) is 76.5 Å². The van der Waals surface area contributed by atoms with Gasteiger partial charge in [-0.3, -0.25) is 14.2 Å². The summed E-state index contributed by atoms with van der Waals surface area (Å²) in [6, 6.07) is 19.7. The quantitative estimate of drug-likeness (QED) is 0.451. The summed E-state index contributed by atoms with van der Waals surface area (Å²) in [4.78, 5) is 33.6. The minimum Gasteiger partial charge on any atom is -0.378 e. The second-order valence-electron chi connectivity index (χ2n) is 8.42. The first kappa shape index (κ1) is 23.1. The fourth-order valence-corrected chi connectivity index (χ4v) is 4.71. The van der Waals surface area contributed by atoms with Gasteiger partial charge in [0.25, 0.3) is 11.5 Å². The molecular weight excluding hydrogens is 464 g/mol. The van der Waals surface area contributed by atoms with Crippen molar-refractivity contribution >= 4 is 34.1 Å². The number of pyridine rings is 2. The normalized spacial score (nSPS) is 14.6. The molecule has 1 fully saturated rings. The maximum Gasteiger partial charge on any atom is 0.264 e. The van der Waals surface area contributed by atoms with E-state index in [0.29, 0.717) is 59.5 Å². The van der Waals surface area contributed by atoms with Gasteiger partial charge in [-0.1, -0.05) is 41.9 Å². The van der Waals surface area contributed by atoms with Crippen LogP contribution in [0.5, 0.6) is 0 Å². The van der Waals surface area contributed by atoms with E-state index in [0.717, 1.165) is 5.39 Å². The first-order valence-electron chi connectivity index (χ1n) is 11.5. The number of amides is 1. The van der Waals surface area contributed by atoms with E-state index in [4.69, 9.17) is 16.3 Å². The fourth-order valence-electron chi connectivity index (χ4n) is 4.45. The summed E-state index contributed by atoms with van der Waals surface area (Å²) in [6.07, 6.45) is 1.69. The highest BCUT2D eigenvalue weighted by Crippen LogP contribution is 2.26. The number of benzene rings is 2. The van der Waals surface area contributed by atoms with Crippen LogP contribution in [0.3, 0.4) is 0 Å². The smallest absolute Gasteiger partial charge is 0.264 e. The minimum absolute atomic E-state index is 0.231. The molecule has 1 amide bonds. The molecule has 3 heterocycles. The summed E-state index contributed by atoms with van der Waals surface area (Å²) in [7, 11) is 0. The lowest BCUT2D eigenvalue weighted by Crippen LogP contribution is -2.39. The van der Waals surface area contributed by atoms with Crippen LogP contribution in [0.15, 0.2) is 77.7 Å². The number of carbonyl (C=O) groups excluding carboxylic acids is 1. The summed E-state index contributed by atoms with van der Waals surface area (Å²) in [6.45, 7) is 4.40. The van der Waals surface area contributed by atoms with Crippen molar-refractivity contribution in [2.24, 2.45) is 0 Å². The number of aromatic nitrogens is 2. The number of para-hydroxylation sites is 1. The standard InChI is InChI=1S/C27H25ClN4O3/c1-18(30-26(33)21-10-6-12-29-25(21)31-13-15-35-16-14-31)23-17-19-7-5-11-22(28)24(19)27(34)32(23)20-8-3-2-4-9-20/h2-12,17-18H,13-16H2,1H3,(H,30,33). The Morgan fingerprint density at radius 3 is 2.60 bits per heavy atom. The van der Waals surface area contributed by atoms with Gasteiger partial charge in [0.2, 0.25) is 0 Å². The number of carbonyl (C=O) groups is 1. The average Bonchev–Trinajstić information content (AvgIpc) is 2.89. The van der Waals surface area contributed by atoms with Crippen molar-refractivity contribution in [2.75, 3.05) is 31.2 Å². The van der Waals surface area contributed by atoms with Gasteiger partial charge in [0.05, 0.1) is 35.2 Å². The summed E-state index contributed by atoms with van der Waals surface area (Å²) < 4.78 is 7.06. The average molecular weight is 489 g/mol. The molecule has 7 nitrogen and oxygen atoms in total. The largest absolute Gasteiger partial charge is 0.378 e. The Hall–Kier alpha value is -3.68. The molecule has 2 aromatic carbocycles. The summed E-state index contributed by atoms with van der Waals surface area (Å²) >= 11 is 6.41. The highest BCUT2D eigenvalue weighted by Gasteiger charge is 2.23. The summed E-state index contributed by atoms with van der Waals surface area (Å²) in [5, 5.41) is 4.64. The van der Waals surface area contributed by atoms with Gasteiger partial charge in [-0.2, -0.15) is 0 Å². The van der Waals surface area contributed by atoms with Crippen LogP contribution in [0, 0.1) is 0 Å². The van der Waals surface area contributed by atoms with E-state index in [1.54, 1.807) is 29.0 Å². The molecule has 1 atom stereocenters. The number of halogens is 1. The van der Waals surface area contributed by atoms with Crippen molar-refractivity contribution in [3.05, 3.63) is 99.6 Å². The van der Waals surface area contributed by atoms with Crippen LogP contribution in [0.4, 0.5) is 5.82 Å². The third-order valence-corrected chi connectivity index (χ3v) is 6.49. The van der Waals surface area contributed by atoms with Gasteiger partial charge >= 0.3 is 0 Å². The Morgan fingerprint density at radius 2 is 1.83 bits per heavy atom. The summed E-state index contributed by atoms with van der Waals surface area (Å²) in [5.74, 6) is 0.372. The number of hydrogen-bond donors (Lipinski definition) is 1. The molecule has 0 aliphatic carbocycles. The number of ether oxygens (including phenoxy) is 1. The maximum atomic E-state index is 13.6. The predicted octanol–water partition coefficient (Wildman–Crippen LogP) is 4.37. The van der Waals surface area contributed by atoms with Gasteiger partial charge in [-0.25, -0.2) is 4.98 Å². The molecule has 1 saturated heterocycles. The van der Waals surface area contributed by atoms with Gasteiger partial charge in [-0.05, 0) is 48.7 Å². The maximum absolute atomic E-state index is 13.6. The predicted molar refractivity (Wildman–Crippen MR) is 138 cm³/mol. The molecular formula is C27H25ClN4O3. The van der Waals surface area contributed by atoms with Gasteiger partial charge in [0.1, 0.15) is 5.82 Å².